The smallest absolute Gasteiger partial charge is 0.220 e. The molecule has 0 saturated carbocycles. The first-order chi connectivity index (χ1) is 10.7. The minimum Gasteiger partial charge on any atom is -0.352 e. The second-order valence-electron chi connectivity index (χ2n) is 4.96. The van der Waals surface area contributed by atoms with E-state index in [1.54, 1.807) is 6.20 Å². The van der Waals surface area contributed by atoms with Gasteiger partial charge in [-0.3, -0.25) is 4.79 Å². The number of nitrogens with one attached hydrogen (secondary N) is 2. The number of nitrogens with zero attached hydrogens (tertiary/aromatic N) is 2. The van der Waals surface area contributed by atoms with Crippen molar-refractivity contribution in [2.45, 2.75) is 19.4 Å². The second-order valence-corrected chi connectivity index (χ2v) is 5.40. The second kappa shape index (κ2) is 6.58. The summed E-state index contributed by atoms with van der Waals surface area (Å²) in [7, 11) is 0. The highest BCUT2D eigenvalue weighted by Gasteiger charge is 2.07. The number of aryl methyl sites for hydroxylation is 1. The van der Waals surface area contributed by atoms with Crippen molar-refractivity contribution in [3.05, 3.63) is 59.0 Å². The van der Waals surface area contributed by atoms with Crippen molar-refractivity contribution in [1.29, 1.82) is 0 Å². The Bertz CT molecular complexity index is 766. The molecule has 3 aromatic rings. The van der Waals surface area contributed by atoms with Gasteiger partial charge in [0.1, 0.15) is 5.82 Å². The van der Waals surface area contributed by atoms with Crippen LogP contribution in [0.5, 0.6) is 0 Å². The van der Waals surface area contributed by atoms with Crippen LogP contribution in [0.2, 0.25) is 5.02 Å². The molecule has 2 aromatic heterocycles. The predicted molar refractivity (Wildman–Crippen MR) is 85.5 cm³/mol. The first-order valence-electron chi connectivity index (χ1n) is 7.01. The molecule has 112 valence electrons. The molecule has 0 aliphatic rings. The lowest BCUT2D eigenvalue weighted by atomic mass is 10.2. The summed E-state index contributed by atoms with van der Waals surface area (Å²) < 4.78 is 0. The standard InChI is InChI=1S/C16H15ClN4O/c17-12-4-1-3-11(9-12)10-19-15(22)7-6-14-20-13-5-2-8-18-16(13)21-14/h1-5,8-9H,6-7,10H2,(H,19,22)(H,18,20,21). The zero-order chi connectivity index (χ0) is 15.4. The number of fused-ring (bicyclic) bond motifs is 1. The van der Waals surface area contributed by atoms with Crippen molar-refractivity contribution < 1.29 is 4.79 Å². The fourth-order valence-corrected chi connectivity index (χ4v) is 2.39. The van der Waals surface area contributed by atoms with Crippen LogP contribution in [0.25, 0.3) is 11.2 Å². The maximum Gasteiger partial charge on any atom is 0.220 e. The van der Waals surface area contributed by atoms with E-state index in [9.17, 15) is 4.79 Å². The van der Waals surface area contributed by atoms with Crippen LogP contribution >= 0.6 is 11.6 Å². The molecule has 1 amide bonds. The Labute approximate surface area is 132 Å². The third-order valence-electron chi connectivity index (χ3n) is 3.27. The van der Waals surface area contributed by atoms with Crippen LogP contribution in [-0.2, 0) is 17.8 Å². The molecule has 0 aliphatic carbocycles. The van der Waals surface area contributed by atoms with Crippen molar-refractivity contribution in [1.82, 2.24) is 20.3 Å². The van der Waals surface area contributed by atoms with E-state index in [-0.39, 0.29) is 5.91 Å². The molecule has 0 spiro atoms. The minimum absolute atomic E-state index is 0.0200. The first kappa shape index (κ1) is 14.5. The monoisotopic (exact) mass is 314 g/mol. The van der Waals surface area contributed by atoms with Gasteiger partial charge in [0, 0.05) is 30.6 Å². The van der Waals surface area contributed by atoms with Gasteiger partial charge in [-0.25, -0.2) is 9.97 Å². The molecule has 0 atom stereocenters. The Morgan fingerprint density at radius 3 is 3.00 bits per heavy atom. The van der Waals surface area contributed by atoms with E-state index in [4.69, 9.17) is 11.6 Å². The topological polar surface area (TPSA) is 70.7 Å². The normalized spacial score (nSPS) is 10.8. The number of rotatable bonds is 5. The summed E-state index contributed by atoms with van der Waals surface area (Å²) >= 11 is 5.91. The van der Waals surface area contributed by atoms with Gasteiger partial charge in [-0.15, -0.1) is 0 Å². The number of aromatic nitrogens is 3. The number of aromatic amines is 1. The van der Waals surface area contributed by atoms with Gasteiger partial charge < -0.3 is 10.3 Å². The molecule has 1 aromatic carbocycles. The van der Waals surface area contributed by atoms with Crippen LogP contribution in [0.4, 0.5) is 0 Å². The Morgan fingerprint density at radius 2 is 2.18 bits per heavy atom. The summed E-state index contributed by atoms with van der Waals surface area (Å²) in [5.74, 6) is 0.750. The van der Waals surface area contributed by atoms with E-state index in [0.29, 0.717) is 30.1 Å². The fraction of sp³-hybridized carbons (Fsp3) is 0.188. The molecule has 0 bridgehead atoms. The summed E-state index contributed by atoms with van der Waals surface area (Å²) in [5, 5.41) is 3.54. The number of carbonyl (C=O) groups excluding carboxylic acids is 1. The number of hydrogen-bond acceptors (Lipinski definition) is 3. The fourth-order valence-electron chi connectivity index (χ4n) is 2.18. The van der Waals surface area contributed by atoms with Crippen LogP contribution in [-0.4, -0.2) is 20.9 Å². The van der Waals surface area contributed by atoms with Crippen LogP contribution < -0.4 is 5.32 Å². The first-order valence-corrected chi connectivity index (χ1v) is 7.39. The average Bonchev–Trinajstić information content (AvgIpc) is 2.94. The molecule has 3 rings (SSSR count). The lowest BCUT2D eigenvalue weighted by molar-refractivity contribution is -0.121. The van der Waals surface area contributed by atoms with Crippen molar-refractivity contribution >= 4 is 28.7 Å². The Hall–Kier alpha value is -2.40. The largest absolute Gasteiger partial charge is 0.352 e. The minimum atomic E-state index is -0.0200. The summed E-state index contributed by atoms with van der Waals surface area (Å²) in [6.07, 6.45) is 2.63. The number of imidazole rings is 1. The van der Waals surface area contributed by atoms with Gasteiger partial charge in [0.2, 0.25) is 5.91 Å². The highest BCUT2D eigenvalue weighted by Crippen LogP contribution is 2.11. The van der Waals surface area contributed by atoms with Crippen LogP contribution in [0, 0.1) is 0 Å². The van der Waals surface area contributed by atoms with E-state index >= 15 is 0 Å². The summed E-state index contributed by atoms with van der Waals surface area (Å²) in [5.41, 5.74) is 2.54. The summed E-state index contributed by atoms with van der Waals surface area (Å²) in [6, 6.07) is 11.2. The molecule has 0 unspecified atom stereocenters. The van der Waals surface area contributed by atoms with Gasteiger partial charge in [0.05, 0.1) is 5.52 Å². The third kappa shape index (κ3) is 3.62. The molecule has 0 radical (unpaired) electrons. The molecular weight excluding hydrogens is 300 g/mol. The number of pyridine rings is 1. The average molecular weight is 315 g/mol. The van der Waals surface area contributed by atoms with Gasteiger partial charge in [0.25, 0.3) is 0 Å². The van der Waals surface area contributed by atoms with E-state index in [0.717, 1.165) is 16.9 Å². The number of halogens is 1. The maximum atomic E-state index is 11.9. The van der Waals surface area contributed by atoms with Crippen molar-refractivity contribution in [2.24, 2.45) is 0 Å². The number of amides is 1. The molecule has 5 nitrogen and oxygen atoms in total. The van der Waals surface area contributed by atoms with Gasteiger partial charge in [-0.1, -0.05) is 23.7 Å². The Kier molecular flexibility index (Phi) is 4.34. The quantitative estimate of drug-likeness (QED) is 0.760. The molecule has 0 aliphatic heterocycles. The van der Waals surface area contributed by atoms with Gasteiger partial charge in [-0.2, -0.15) is 0 Å². The lowest BCUT2D eigenvalue weighted by Gasteiger charge is -2.05. The van der Waals surface area contributed by atoms with Crippen LogP contribution in [0.3, 0.4) is 0 Å². The highest BCUT2D eigenvalue weighted by molar-refractivity contribution is 6.30. The number of carbonyl (C=O) groups is 1. The zero-order valence-electron chi connectivity index (χ0n) is 11.8. The van der Waals surface area contributed by atoms with E-state index in [2.05, 4.69) is 20.3 Å². The van der Waals surface area contributed by atoms with E-state index in [1.807, 2.05) is 36.4 Å². The molecule has 0 fully saturated rings. The predicted octanol–water partition coefficient (Wildman–Crippen LogP) is 2.86. The lowest BCUT2D eigenvalue weighted by Crippen LogP contribution is -2.23. The summed E-state index contributed by atoms with van der Waals surface area (Å²) in [4.78, 5) is 23.6. The van der Waals surface area contributed by atoms with Crippen molar-refractivity contribution in [2.75, 3.05) is 0 Å². The van der Waals surface area contributed by atoms with Crippen molar-refractivity contribution in [3.63, 3.8) is 0 Å². The van der Waals surface area contributed by atoms with Gasteiger partial charge >= 0.3 is 0 Å². The number of hydrogen-bond donors (Lipinski definition) is 2. The van der Waals surface area contributed by atoms with Crippen LogP contribution in [0.15, 0.2) is 42.6 Å². The third-order valence-corrected chi connectivity index (χ3v) is 3.51. The molecule has 2 heterocycles. The maximum absolute atomic E-state index is 11.9. The van der Waals surface area contributed by atoms with Gasteiger partial charge in [0.15, 0.2) is 5.65 Å². The Balaban J connectivity index is 1.51. The zero-order valence-corrected chi connectivity index (χ0v) is 12.6. The Morgan fingerprint density at radius 1 is 1.27 bits per heavy atom. The molecule has 22 heavy (non-hydrogen) atoms. The summed E-state index contributed by atoms with van der Waals surface area (Å²) in [6.45, 7) is 0.473. The van der Waals surface area contributed by atoms with E-state index < -0.39 is 0 Å². The van der Waals surface area contributed by atoms with Crippen LogP contribution in [0.1, 0.15) is 17.8 Å². The van der Waals surface area contributed by atoms with Gasteiger partial charge in [-0.05, 0) is 29.8 Å². The number of benzene rings is 1. The molecule has 6 heteroatoms. The number of H-pyrrole nitrogens is 1. The molecular formula is C16H15ClN4O. The van der Waals surface area contributed by atoms with Crippen molar-refractivity contribution in [3.8, 4) is 0 Å². The SMILES string of the molecule is O=C(CCc1nc2ncccc2[nH]1)NCc1cccc(Cl)c1. The molecule has 2 N–H and O–H groups in total. The highest BCUT2D eigenvalue weighted by atomic mass is 35.5. The van der Waals surface area contributed by atoms with E-state index in [1.165, 1.54) is 0 Å². The molecule has 0 saturated heterocycles.